The maximum absolute atomic E-state index is 13.1. The number of para-hydroxylation sites is 4. The van der Waals surface area contributed by atoms with Crippen molar-refractivity contribution >= 4 is 22.9 Å². The second kappa shape index (κ2) is 11.3. The molecule has 0 bridgehead atoms. The van der Waals surface area contributed by atoms with E-state index in [-0.39, 0.29) is 5.91 Å². The molecule has 0 saturated carbocycles. The molecule has 1 aromatic heterocycles. The lowest BCUT2D eigenvalue weighted by atomic mass is 10.1. The van der Waals surface area contributed by atoms with Gasteiger partial charge in [0.25, 0.3) is 5.91 Å². The van der Waals surface area contributed by atoms with Crippen LogP contribution in [0.25, 0.3) is 11.0 Å². The molecule has 7 heteroatoms. The predicted molar refractivity (Wildman–Crippen MR) is 141 cm³/mol. The monoisotopic (exact) mass is 485 g/mol. The van der Waals surface area contributed by atoms with Crippen molar-refractivity contribution in [3.8, 4) is 11.5 Å². The third-order valence-corrected chi connectivity index (χ3v) is 6.81. The van der Waals surface area contributed by atoms with Crippen LogP contribution in [-0.4, -0.2) is 42.2 Å². The Hall–Kier alpha value is -3.84. The summed E-state index contributed by atoms with van der Waals surface area (Å²) in [6, 6.07) is 23.1. The number of nitrogens with one attached hydrogen (secondary N) is 2. The molecule has 0 spiro atoms. The number of nitrogens with zero attached hydrogens (tertiary/aromatic N) is 2. The van der Waals surface area contributed by atoms with Crippen molar-refractivity contribution in [1.29, 1.82) is 0 Å². The van der Waals surface area contributed by atoms with E-state index in [0.29, 0.717) is 29.6 Å². The van der Waals surface area contributed by atoms with Gasteiger partial charge in [-0.05, 0) is 61.2 Å². The van der Waals surface area contributed by atoms with Crippen molar-refractivity contribution in [1.82, 2.24) is 9.55 Å². The summed E-state index contributed by atoms with van der Waals surface area (Å²) in [5, 5.41) is 3.05. The first-order chi connectivity index (χ1) is 17.7. The highest BCUT2D eigenvalue weighted by Crippen LogP contribution is 2.26. The summed E-state index contributed by atoms with van der Waals surface area (Å²) in [4.78, 5) is 19.5. The molecule has 2 N–H and O–H groups in total. The Morgan fingerprint density at radius 2 is 1.67 bits per heavy atom. The number of methoxy groups -OCH3 is 1. The number of likely N-dealkylation sites (tertiary alicyclic amines) is 1. The summed E-state index contributed by atoms with van der Waals surface area (Å²) in [5.41, 5.74) is 3.49. The van der Waals surface area contributed by atoms with Gasteiger partial charge in [-0.25, -0.2) is 4.98 Å². The topological polar surface area (TPSA) is 69.8 Å². The molecule has 4 aromatic rings. The summed E-state index contributed by atoms with van der Waals surface area (Å²) in [5.74, 6) is 1.81. The lowest BCUT2D eigenvalue weighted by Crippen LogP contribution is -3.13. The number of anilines is 1. The van der Waals surface area contributed by atoms with E-state index in [1.54, 1.807) is 12.0 Å². The number of carbonyl (C=O) groups is 1. The van der Waals surface area contributed by atoms with Gasteiger partial charge in [-0.2, -0.15) is 0 Å². The Labute approximate surface area is 211 Å². The van der Waals surface area contributed by atoms with Crippen molar-refractivity contribution in [2.45, 2.75) is 32.4 Å². The van der Waals surface area contributed by atoms with Crippen LogP contribution < -0.4 is 19.7 Å². The molecule has 0 aliphatic carbocycles. The van der Waals surface area contributed by atoms with Crippen molar-refractivity contribution in [3.63, 3.8) is 0 Å². The Kier molecular flexibility index (Phi) is 7.47. The van der Waals surface area contributed by atoms with E-state index in [1.807, 2.05) is 66.7 Å². The van der Waals surface area contributed by atoms with Crippen LogP contribution in [0.15, 0.2) is 72.8 Å². The van der Waals surface area contributed by atoms with Gasteiger partial charge in [0.2, 0.25) is 5.95 Å². The lowest BCUT2D eigenvalue weighted by Gasteiger charge is -2.24. The third-order valence-electron chi connectivity index (χ3n) is 6.81. The number of imidazole rings is 1. The largest absolute Gasteiger partial charge is 0.493 e. The zero-order valence-corrected chi connectivity index (χ0v) is 20.7. The molecule has 2 heterocycles. The number of hydrogen-bond acceptors (Lipinski definition) is 4. The molecule has 0 radical (unpaired) electrons. The number of benzene rings is 3. The SMILES string of the molecule is COc1ccccc1OCc1ccc(C(=O)Nc2nc3ccccc3n2CC[NH+]2CCCCC2)cc1. The van der Waals surface area contributed by atoms with Crippen LogP contribution in [0, 0.1) is 0 Å². The van der Waals surface area contributed by atoms with E-state index < -0.39 is 0 Å². The minimum absolute atomic E-state index is 0.172. The van der Waals surface area contributed by atoms with Crippen molar-refractivity contribution in [3.05, 3.63) is 83.9 Å². The van der Waals surface area contributed by atoms with Gasteiger partial charge in [0, 0.05) is 5.56 Å². The number of carbonyl (C=O) groups excluding carboxylic acids is 1. The van der Waals surface area contributed by atoms with Gasteiger partial charge in [-0.3, -0.25) is 10.1 Å². The van der Waals surface area contributed by atoms with Crippen molar-refractivity contribution in [2.75, 3.05) is 32.1 Å². The lowest BCUT2D eigenvalue weighted by molar-refractivity contribution is -0.905. The summed E-state index contributed by atoms with van der Waals surface area (Å²) in [6.45, 7) is 4.69. The minimum atomic E-state index is -0.172. The number of ether oxygens (including phenoxy) is 2. The molecule has 36 heavy (non-hydrogen) atoms. The van der Waals surface area contributed by atoms with Gasteiger partial charge in [0.15, 0.2) is 11.5 Å². The average Bonchev–Trinajstić information content (AvgIpc) is 3.28. The maximum atomic E-state index is 13.1. The third kappa shape index (κ3) is 5.52. The molecule has 0 atom stereocenters. The van der Waals surface area contributed by atoms with Gasteiger partial charge in [0.05, 0.1) is 44.3 Å². The molecule has 1 fully saturated rings. The fourth-order valence-corrected chi connectivity index (χ4v) is 4.79. The van der Waals surface area contributed by atoms with Crippen LogP contribution in [0.4, 0.5) is 5.95 Å². The van der Waals surface area contributed by atoms with E-state index in [9.17, 15) is 4.79 Å². The molecule has 1 amide bonds. The maximum Gasteiger partial charge on any atom is 0.257 e. The second-order valence-electron chi connectivity index (χ2n) is 9.23. The molecule has 1 saturated heterocycles. The zero-order valence-electron chi connectivity index (χ0n) is 20.7. The Balaban J connectivity index is 1.26. The fourth-order valence-electron chi connectivity index (χ4n) is 4.79. The van der Waals surface area contributed by atoms with Crippen LogP contribution in [0.5, 0.6) is 11.5 Å². The van der Waals surface area contributed by atoms with Crippen molar-refractivity contribution in [2.24, 2.45) is 0 Å². The van der Waals surface area contributed by atoms with Crippen LogP contribution >= 0.6 is 0 Å². The van der Waals surface area contributed by atoms with E-state index in [4.69, 9.17) is 14.5 Å². The first-order valence-electron chi connectivity index (χ1n) is 12.7. The van der Waals surface area contributed by atoms with E-state index >= 15 is 0 Å². The number of rotatable bonds is 9. The van der Waals surface area contributed by atoms with E-state index in [1.165, 1.54) is 32.4 Å². The highest BCUT2D eigenvalue weighted by Gasteiger charge is 2.18. The quantitative estimate of drug-likeness (QED) is 0.377. The molecule has 186 valence electrons. The smallest absolute Gasteiger partial charge is 0.257 e. The highest BCUT2D eigenvalue weighted by molar-refractivity contribution is 6.04. The number of amides is 1. The van der Waals surface area contributed by atoms with Crippen LogP contribution in [0.1, 0.15) is 35.2 Å². The standard InChI is InChI=1S/C29H32N4O3/c1-35-26-11-5-6-12-27(26)36-21-22-13-15-23(16-14-22)28(34)31-29-30-24-9-3-4-10-25(24)33(29)20-19-32-17-7-2-8-18-32/h3-6,9-16H,2,7-8,17-21H2,1H3,(H,30,31,34)/p+1. The molecule has 3 aromatic carbocycles. The highest BCUT2D eigenvalue weighted by atomic mass is 16.5. The summed E-state index contributed by atoms with van der Waals surface area (Å²) >= 11 is 0. The Morgan fingerprint density at radius 3 is 2.44 bits per heavy atom. The minimum Gasteiger partial charge on any atom is -0.493 e. The van der Waals surface area contributed by atoms with E-state index in [2.05, 4.69) is 16.0 Å². The summed E-state index contributed by atoms with van der Waals surface area (Å²) in [7, 11) is 1.62. The molecule has 1 aliphatic rings. The predicted octanol–water partition coefficient (Wildman–Crippen LogP) is 3.95. The number of piperidine rings is 1. The number of aromatic nitrogens is 2. The number of hydrogen-bond donors (Lipinski definition) is 2. The number of quaternary nitrogens is 1. The fraction of sp³-hybridized carbons (Fsp3) is 0.310. The summed E-state index contributed by atoms with van der Waals surface area (Å²) < 4.78 is 13.4. The normalized spacial score (nSPS) is 14.0. The van der Waals surface area contributed by atoms with Gasteiger partial charge >= 0.3 is 0 Å². The van der Waals surface area contributed by atoms with Gasteiger partial charge in [-0.15, -0.1) is 0 Å². The Morgan fingerprint density at radius 1 is 0.944 bits per heavy atom. The van der Waals surface area contributed by atoms with Gasteiger partial charge < -0.3 is 18.9 Å². The molecule has 0 unspecified atom stereocenters. The van der Waals surface area contributed by atoms with E-state index in [0.717, 1.165) is 29.7 Å². The molecule has 1 aliphatic heterocycles. The first-order valence-corrected chi connectivity index (χ1v) is 12.7. The number of fused-ring (bicyclic) bond motifs is 1. The molecular formula is C29H33N4O3+. The average molecular weight is 486 g/mol. The van der Waals surface area contributed by atoms with Gasteiger partial charge in [0.1, 0.15) is 6.61 Å². The zero-order chi connectivity index (χ0) is 24.7. The van der Waals surface area contributed by atoms with Crippen LogP contribution in [0.2, 0.25) is 0 Å². The molecule has 5 rings (SSSR count). The molecule has 7 nitrogen and oxygen atoms in total. The Bertz CT molecular complexity index is 1310. The summed E-state index contributed by atoms with van der Waals surface area (Å²) in [6.07, 6.45) is 3.93. The second-order valence-corrected chi connectivity index (χ2v) is 9.23. The first kappa shape index (κ1) is 23.9. The van der Waals surface area contributed by atoms with Crippen molar-refractivity contribution < 1.29 is 19.2 Å². The van der Waals surface area contributed by atoms with Gasteiger partial charge in [-0.1, -0.05) is 36.4 Å². The van der Waals surface area contributed by atoms with Crippen LogP contribution in [0.3, 0.4) is 0 Å². The molecular weight excluding hydrogens is 452 g/mol. The van der Waals surface area contributed by atoms with Crippen LogP contribution in [-0.2, 0) is 13.2 Å².